The van der Waals surface area contributed by atoms with E-state index in [0.717, 1.165) is 0 Å². The van der Waals surface area contributed by atoms with Gasteiger partial charge >= 0.3 is 0 Å². The monoisotopic (exact) mass is 205 g/mol. The fourth-order valence-electron chi connectivity index (χ4n) is 1.35. The summed E-state index contributed by atoms with van der Waals surface area (Å²) in [4.78, 5) is 0. The Hall–Kier alpha value is -0.200. The summed E-state index contributed by atoms with van der Waals surface area (Å²) in [6.45, 7) is 2.56. The Labute approximate surface area is 86.5 Å². The summed E-state index contributed by atoms with van der Waals surface area (Å²) < 4.78 is 10.3. The maximum Gasteiger partial charge on any atom is 0.158 e. The van der Waals surface area contributed by atoms with Crippen LogP contribution in [0.4, 0.5) is 0 Å². The smallest absolute Gasteiger partial charge is 0.158 e. The van der Waals surface area contributed by atoms with E-state index in [1.54, 1.807) is 14.2 Å². The van der Waals surface area contributed by atoms with Gasteiger partial charge in [0.2, 0.25) is 0 Å². The van der Waals surface area contributed by atoms with Gasteiger partial charge in [-0.25, -0.2) is 5.43 Å². The molecule has 0 rings (SSSR count). The molecular weight excluding hydrogens is 182 g/mol. The van der Waals surface area contributed by atoms with Crippen LogP contribution < -0.4 is 11.2 Å². The fourth-order valence-corrected chi connectivity index (χ4v) is 1.35. The van der Waals surface area contributed by atoms with Gasteiger partial charge in [-0.05, 0) is 6.92 Å². The number of methoxy groups -OCH3 is 2. The van der Waals surface area contributed by atoms with E-state index in [-0.39, 0.29) is 11.8 Å². The van der Waals surface area contributed by atoms with Gasteiger partial charge < -0.3 is 15.2 Å². The highest BCUT2D eigenvalue weighted by Gasteiger charge is 2.27. The lowest BCUT2D eigenvalue weighted by Crippen LogP contribution is -2.56. The number of nitrogens with one attached hydrogen (secondary N) is 1. The van der Waals surface area contributed by atoms with E-state index in [4.69, 9.17) is 15.2 Å². The predicted molar refractivity (Wildman–Crippen MR) is 56.7 cm³/mol. The molecule has 0 amide bonds. The van der Waals surface area contributed by atoms with Crippen molar-refractivity contribution < 1.29 is 9.47 Å². The zero-order valence-electron chi connectivity index (χ0n) is 9.83. The molecule has 0 heterocycles. The third-order valence-electron chi connectivity index (χ3n) is 2.09. The number of rotatable bonds is 7. The maximum absolute atomic E-state index is 5.71. The van der Waals surface area contributed by atoms with Crippen LogP contribution in [0.5, 0.6) is 0 Å². The molecule has 3 N–H and O–H groups in total. The molecule has 0 bridgehead atoms. The summed E-state index contributed by atoms with van der Waals surface area (Å²) in [6, 6.07) is 0. The Morgan fingerprint density at radius 2 is 1.86 bits per heavy atom. The van der Waals surface area contributed by atoms with Gasteiger partial charge in [-0.3, -0.25) is 5.01 Å². The van der Waals surface area contributed by atoms with Gasteiger partial charge in [-0.2, -0.15) is 0 Å². The van der Waals surface area contributed by atoms with Gasteiger partial charge in [0.15, 0.2) is 6.29 Å². The topological polar surface area (TPSA) is 59.8 Å². The van der Waals surface area contributed by atoms with Gasteiger partial charge in [0.05, 0.1) is 0 Å². The standard InChI is InChI=1S/C9H23N3O2/c1-9(7-10,11-12(2)3)6-8(13-4)14-5/h8,11H,6-7,10H2,1-5H3. The second-order valence-electron chi connectivity index (χ2n) is 3.88. The van der Waals surface area contributed by atoms with Crippen LogP contribution in [0.3, 0.4) is 0 Å². The molecule has 0 fully saturated rings. The molecular formula is C9H23N3O2. The first kappa shape index (κ1) is 13.8. The Bertz CT molecular complexity index is 151. The SMILES string of the molecule is COC(CC(C)(CN)NN(C)C)OC. The van der Waals surface area contributed by atoms with Crippen molar-refractivity contribution in [2.45, 2.75) is 25.2 Å². The Morgan fingerprint density at radius 1 is 1.36 bits per heavy atom. The molecule has 86 valence electrons. The van der Waals surface area contributed by atoms with Crippen LogP contribution in [-0.2, 0) is 9.47 Å². The van der Waals surface area contributed by atoms with E-state index in [1.807, 2.05) is 26.0 Å². The Kier molecular flexibility index (Phi) is 6.22. The van der Waals surface area contributed by atoms with Crippen molar-refractivity contribution in [1.29, 1.82) is 0 Å². The van der Waals surface area contributed by atoms with Gasteiger partial charge in [0.1, 0.15) is 0 Å². The molecule has 1 unspecified atom stereocenters. The maximum atomic E-state index is 5.71. The lowest BCUT2D eigenvalue weighted by molar-refractivity contribution is -0.120. The van der Waals surface area contributed by atoms with Crippen LogP contribution in [0.15, 0.2) is 0 Å². The second kappa shape index (κ2) is 6.31. The molecule has 0 saturated carbocycles. The quantitative estimate of drug-likeness (QED) is 0.444. The average molecular weight is 205 g/mol. The molecule has 5 nitrogen and oxygen atoms in total. The first-order chi connectivity index (χ1) is 6.47. The largest absolute Gasteiger partial charge is 0.356 e. The van der Waals surface area contributed by atoms with Crippen LogP contribution in [0, 0.1) is 0 Å². The molecule has 1 atom stereocenters. The Morgan fingerprint density at radius 3 is 2.14 bits per heavy atom. The highest BCUT2D eigenvalue weighted by Crippen LogP contribution is 2.13. The van der Waals surface area contributed by atoms with Crippen LogP contribution in [0.25, 0.3) is 0 Å². The van der Waals surface area contributed by atoms with Crippen molar-refractivity contribution in [2.24, 2.45) is 5.73 Å². The van der Waals surface area contributed by atoms with Crippen LogP contribution in [0.1, 0.15) is 13.3 Å². The summed E-state index contributed by atoms with van der Waals surface area (Å²) in [5, 5.41) is 1.88. The molecule has 14 heavy (non-hydrogen) atoms. The minimum absolute atomic E-state index is 0.208. The summed E-state index contributed by atoms with van der Waals surface area (Å²) in [5.74, 6) is 0. The summed E-state index contributed by atoms with van der Waals surface area (Å²) in [7, 11) is 7.12. The molecule has 0 aromatic heterocycles. The minimum atomic E-state index is -0.226. The van der Waals surface area contributed by atoms with Gasteiger partial charge in [-0.1, -0.05) is 0 Å². The molecule has 0 aliphatic carbocycles. The molecule has 0 aromatic rings. The number of ether oxygens (including phenoxy) is 2. The summed E-state index contributed by atoms with van der Waals surface area (Å²) >= 11 is 0. The van der Waals surface area contributed by atoms with Crippen molar-refractivity contribution in [3.05, 3.63) is 0 Å². The lowest BCUT2D eigenvalue weighted by atomic mass is 9.99. The van der Waals surface area contributed by atoms with Crippen molar-refractivity contribution >= 4 is 0 Å². The molecule has 0 saturated heterocycles. The molecule has 0 aliphatic rings. The van der Waals surface area contributed by atoms with Crippen molar-refractivity contribution in [1.82, 2.24) is 10.4 Å². The molecule has 0 spiro atoms. The Balaban J connectivity index is 4.22. The van der Waals surface area contributed by atoms with E-state index >= 15 is 0 Å². The number of nitrogens with zero attached hydrogens (tertiary/aromatic N) is 1. The fraction of sp³-hybridized carbons (Fsp3) is 1.00. The second-order valence-corrected chi connectivity index (χ2v) is 3.88. The first-order valence-corrected chi connectivity index (χ1v) is 4.68. The van der Waals surface area contributed by atoms with Crippen LogP contribution in [-0.4, -0.2) is 51.7 Å². The van der Waals surface area contributed by atoms with E-state index in [2.05, 4.69) is 5.43 Å². The molecule has 0 aliphatic heterocycles. The van der Waals surface area contributed by atoms with Crippen molar-refractivity contribution in [2.75, 3.05) is 34.9 Å². The first-order valence-electron chi connectivity index (χ1n) is 4.68. The van der Waals surface area contributed by atoms with Gasteiger partial charge in [0, 0.05) is 46.8 Å². The van der Waals surface area contributed by atoms with Crippen LogP contribution >= 0.6 is 0 Å². The molecule has 5 heteroatoms. The number of hydrogen-bond donors (Lipinski definition) is 2. The van der Waals surface area contributed by atoms with Crippen LogP contribution in [0.2, 0.25) is 0 Å². The molecule has 0 aromatic carbocycles. The normalized spacial score (nSPS) is 16.3. The van der Waals surface area contributed by atoms with Crippen molar-refractivity contribution in [3.63, 3.8) is 0 Å². The number of nitrogens with two attached hydrogens (primary N) is 1. The lowest BCUT2D eigenvalue weighted by Gasteiger charge is -2.34. The zero-order chi connectivity index (χ0) is 11.2. The highest BCUT2D eigenvalue weighted by atomic mass is 16.7. The third kappa shape index (κ3) is 4.88. The predicted octanol–water partition coefficient (Wildman–Crippen LogP) is -0.221. The zero-order valence-corrected chi connectivity index (χ0v) is 9.83. The van der Waals surface area contributed by atoms with Gasteiger partial charge in [0.25, 0.3) is 0 Å². The minimum Gasteiger partial charge on any atom is -0.356 e. The van der Waals surface area contributed by atoms with Gasteiger partial charge in [-0.15, -0.1) is 0 Å². The third-order valence-corrected chi connectivity index (χ3v) is 2.09. The van der Waals surface area contributed by atoms with E-state index < -0.39 is 0 Å². The molecule has 0 radical (unpaired) electrons. The van der Waals surface area contributed by atoms with E-state index in [1.165, 1.54) is 0 Å². The van der Waals surface area contributed by atoms with E-state index in [0.29, 0.717) is 13.0 Å². The van der Waals surface area contributed by atoms with E-state index in [9.17, 15) is 0 Å². The average Bonchev–Trinajstić information content (AvgIpc) is 2.13. The number of hydrazine groups is 1. The highest BCUT2D eigenvalue weighted by molar-refractivity contribution is 4.83. The summed E-state index contributed by atoms with van der Waals surface area (Å²) in [6.07, 6.45) is 0.477. The summed E-state index contributed by atoms with van der Waals surface area (Å²) in [5.41, 5.74) is 8.76. The number of hydrogen-bond acceptors (Lipinski definition) is 5. The van der Waals surface area contributed by atoms with Crippen molar-refractivity contribution in [3.8, 4) is 0 Å².